The molecule has 1 heterocycles. The highest BCUT2D eigenvalue weighted by Crippen LogP contribution is 2.26. The van der Waals surface area contributed by atoms with Crippen molar-refractivity contribution in [3.63, 3.8) is 0 Å². The topological polar surface area (TPSA) is 134 Å². The van der Waals surface area contributed by atoms with Crippen molar-refractivity contribution >= 4 is 29.6 Å². The van der Waals surface area contributed by atoms with Crippen LogP contribution in [0.15, 0.2) is 30.3 Å². The molecule has 0 unspecified atom stereocenters. The zero-order chi connectivity index (χ0) is 28.9. The number of carbonyl (C=O) groups is 5. The quantitative estimate of drug-likeness (QED) is 0.242. The number of nitrogens with one attached hydrogen (secondary N) is 2. The highest BCUT2D eigenvalue weighted by atomic mass is 16.5. The van der Waals surface area contributed by atoms with E-state index in [1.807, 2.05) is 25.1 Å². The summed E-state index contributed by atoms with van der Waals surface area (Å²) in [5.41, 5.74) is 3.46. The van der Waals surface area contributed by atoms with Gasteiger partial charge in [-0.15, -0.1) is 0 Å². The highest BCUT2D eigenvalue weighted by Gasteiger charge is 2.39. The maximum absolute atomic E-state index is 13.8. The summed E-state index contributed by atoms with van der Waals surface area (Å²) in [4.78, 5) is 68.0. The molecule has 11 nitrogen and oxygen atoms in total. The number of methoxy groups -OCH3 is 1. The maximum Gasteiger partial charge on any atom is 0.336 e. The molecule has 40 heavy (non-hydrogen) atoms. The number of ketones is 1. The number of hydrazine groups is 1. The first kappa shape index (κ1) is 31.1. The van der Waals surface area contributed by atoms with E-state index in [0.29, 0.717) is 52.0 Å². The van der Waals surface area contributed by atoms with Crippen molar-refractivity contribution in [3.05, 3.63) is 35.9 Å². The zero-order valence-electron chi connectivity index (χ0n) is 23.6. The summed E-state index contributed by atoms with van der Waals surface area (Å²) in [6.07, 6.45) is 5.70. The van der Waals surface area contributed by atoms with Gasteiger partial charge in [0.1, 0.15) is 12.1 Å². The Hall–Kier alpha value is -3.47. The van der Waals surface area contributed by atoms with Crippen LogP contribution in [0.4, 0.5) is 4.79 Å². The molecule has 1 aliphatic carbocycles. The molecule has 1 aromatic carbocycles. The molecular weight excluding hydrogens is 516 g/mol. The Morgan fingerprint density at radius 1 is 1.05 bits per heavy atom. The van der Waals surface area contributed by atoms with Crippen LogP contribution in [-0.2, 0) is 35.1 Å². The van der Waals surface area contributed by atoms with Gasteiger partial charge in [-0.2, -0.15) is 0 Å². The van der Waals surface area contributed by atoms with Gasteiger partial charge in [0.15, 0.2) is 0 Å². The monoisotopic (exact) mass is 558 g/mol. The lowest BCUT2D eigenvalue weighted by Gasteiger charge is -2.36. The number of rotatable bonds is 11. The van der Waals surface area contributed by atoms with E-state index in [1.54, 1.807) is 12.1 Å². The van der Waals surface area contributed by atoms with Crippen LogP contribution >= 0.6 is 0 Å². The van der Waals surface area contributed by atoms with Crippen LogP contribution in [0.25, 0.3) is 0 Å². The molecule has 11 heteroatoms. The molecule has 1 aliphatic heterocycles. The van der Waals surface area contributed by atoms with E-state index in [0.717, 1.165) is 29.8 Å². The third-order valence-corrected chi connectivity index (χ3v) is 7.45. The van der Waals surface area contributed by atoms with Crippen molar-refractivity contribution < 1.29 is 33.4 Å². The van der Waals surface area contributed by atoms with Crippen LogP contribution in [-0.4, -0.2) is 85.0 Å². The average molecular weight is 559 g/mol. The van der Waals surface area contributed by atoms with Crippen molar-refractivity contribution in [2.45, 2.75) is 76.8 Å². The summed E-state index contributed by atoms with van der Waals surface area (Å²) in [7, 11) is 1.21. The summed E-state index contributed by atoms with van der Waals surface area (Å²) in [6.45, 7) is 3.40. The van der Waals surface area contributed by atoms with E-state index in [1.165, 1.54) is 12.0 Å². The van der Waals surface area contributed by atoms with Crippen molar-refractivity contribution in [1.82, 2.24) is 20.7 Å². The lowest BCUT2D eigenvalue weighted by atomic mass is 9.88. The smallest absolute Gasteiger partial charge is 0.336 e. The number of Topliss-reactive ketones (excluding diaryl/α,β-unsaturated/α-hetero) is 1. The lowest BCUT2D eigenvalue weighted by Crippen LogP contribution is -2.62. The number of carbonyl (C=O) groups excluding carboxylic acids is 5. The van der Waals surface area contributed by atoms with Gasteiger partial charge >= 0.3 is 12.0 Å². The zero-order valence-corrected chi connectivity index (χ0v) is 23.6. The maximum atomic E-state index is 13.8. The molecule has 2 fully saturated rings. The Morgan fingerprint density at radius 3 is 2.35 bits per heavy atom. The van der Waals surface area contributed by atoms with E-state index in [2.05, 4.69) is 10.7 Å². The molecule has 4 amide bonds. The molecule has 2 N–H and O–H groups in total. The summed E-state index contributed by atoms with van der Waals surface area (Å²) >= 11 is 0. The number of esters is 1. The van der Waals surface area contributed by atoms with E-state index < -0.39 is 35.8 Å². The fourth-order valence-electron chi connectivity index (χ4n) is 5.11. The van der Waals surface area contributed by atoms with Gasteiger partial charge in [0.05, 0.1) is 20.3 Å². The second-order valence-corrected chi connectivity index (χ2v) is 10.3. The number of amides is 4. The van der Waals surface area contributed by atoms with Gasteiger partial charge in [0.2, 0.25) is 11.7 Å². The predicted molar refractivity (Wildman–Crippen MR) is 147 cm³/mol. The van der Waals surface area contributed by atoms with Gasteiger partial charge in [0.25, 0.3) is 5.91 Å². The highest BCUT2D eigenvalue weighted by molar-refractivity contribution is 6.38. The Bertz CT molecular complexity index is 1010. The fraction of sp³-hybridized carbons (Fsp3) is 0.621. The molecule has 220 valence electrons. The second-order valence-electron chi connectivity index (χ2n) is 10.3. The Morgan fingerprint density at radius 2 is 1.73 bits per heavy atom. The van der Waals surface area contributed by atoms with Gasteiger partial charge in [-0.25, -0.2) is 20.0 Å². The first-order chi connectivity index (χ1) is 19.3. The minimum atomic E-state index is -1.21. The van der Waals surface area contributed by atoms with Gasteiger partial charge in [-0.1, -0.05) is 69.4 Å². The fourth-order valence-corrected chi connectivity index (χ4v) is 5.11. The van der Waals surface area contributed by atoms with Crippen molar-refractivity contribution in [3.8, 4) is 0 Å². The number of hydrogen-bond donors (Lipinski definition) is 2. The molecule has 1 aromatic rings. The van der Waals surface area contributed by atoms with Crippen LogP contribution in [0.3, 0.4) is 0 Å². The Labute approximate surface area is 235 Å². The molecule has 0 radical (unpaired) electrons. The SMILES string of the molecule is CCCC[C@@H](C(=O)C(=O)N[C@@H](Cc1ccccc1)C(=O)OC)N(NC(=O)N1CCOCC1)C(=O)C1CCCCC1. The van der Waals surface area contributed by atoms with Crippen molar-refractivity contribution in [2.75, 3.05) is 33.4 Å². The number of hydrogen-bond acceptors (Lipinski definition) is 7. The lowest BCUT2D eigenvalue weighted by molar-refractivity contribution is -0.152. The summed E-state index contributed by atoms with van der Waals surface area (Å²) in [5, 5.41) is 3.62. The van der Waals surface area contributed by atoms with E-state index in [4.69, 9.17) is 9.47 Å². The van der Waals surface area contributed by atoms with Gasteiger partial charge in [-0.05, 0) is 24.8 Å². The van der Waals surface area contributed by atoms with Crippen LogP contribution in [0, 0.1) is 5.92 Å². The third kappa shape index (κ3) is 8.77. The van der Waals surface area contributed by atoms with Crippen molar-refractivity contribution in [2.24, 2.45) is 5.92 Å². The molecule has 2 aliphatic rings. The molecule has 0 bridgehead atoms. The van der Waals surface area contributed by atoms with Crippen LogP contribution in [0.2, 0.25) is 0 Å². The number of nitrogens with zero attached hydrogens (tertiary/aromatic N) is 2. The molecule has 3 rings (SSSR count). The van der Waals surface area contributed by atoms with Gasteiger partial charge < -0.3 is 19.7 Å². The minimum Gasteiger partial charge on any atom is -0.467 e. The van der Waals surface area contributed by atoms with Gasteiger partial charge in [0, 0.05) is 25.4 Å². The number of benzene rings is 1. The predicted octanol–water partition coefficient (Wildman–Crippen LogP) is 2.38. The summed E-state index contributed by atoms with van der Waals surface area (Å²) in [6, 6.07) is 6.24. The largest absolute Gasteiger partial charge is 0.467 e. The molecule has 0 aromatic heterocycles. The van der Waals surface area contributed by atoms with Crippen molar-refractivity contribution in [1.29, 1.82) is 0 Å². The number of unbranched alkanes of at least 4 members (excludes halogenated alkanes) is 1. The first-order valence-corrected chi connectivity index (χ1v) is 14.3. The number of morpholine rings is 1. The third-order valence-electron chi connectivity index (χ3n) is 7.45. The number of ether oxygens (including phenoxy) is 2. The molecule has 1 saturated carbocycles. The molecule has 1 saturated heterocycles. The molecular formula is C29H42N4O7. The van der Waals surface area contributed by atoms with E-state index in [-0.39, 0.29) is 24.7 Å². The Balaban J connectivity index is 1.84. The second kappa shape index (κ2) is 16.0. The Kier molecular flexibility index (Phi) is 12.4. The van der Waals surface area contributed by atoms with Crippen LogP contribution in [0.1, 0.15) is 63.9 Å². The number of urea groups is 1. The first-order valence-electron chi connectivity index (χ1n) is 14.3. The summed E-state index contributed by atoms with van der Waals surface area (Å²) in [5.74, 6) is -3.29. The average Bonchev–Trinajstić information content (AvgIpc) is 3.00. The van der Waals surface area contributed by atoms with Gasteiger partial charge in [-0.3, -0.25) is 14.4 Å². The van der Waals surface area contributed by atoms with Crippen LogP contribution < -0.4 is 10.7 Å². The molecule has 2 atom stereocenters. The summed E-state index contributed by atoms with van der Waals surface area (Å²) < 4.78 is 10.2. The van der Waals surface area contributed by atoms with Crippen LogP contribution in [0.5, 0.6) is 0 Å². The van der Waals surface area contributed by atoms with E-state index >= 15 is 0 Å². The molecule has 0 spiro atoms. The normalized spacial score (nSPS) is 17.3. The standard InChI is InChI=1S/C29H42N4O7/c1-3-4-15-24(25(34)26(35)30-23(28(37)39-2)20-21-11-7-5-8-12-21)33(27(36)22-13-9-6-10-14-22)31-29(38)32-16-18-40-19-17-32/h5,7-8,11-12,22-24H,3-4,6,9-10,13-20H2,1-2H3,(H,30,35)(H,31,38)/t23-,24-/m0/s1. The van der Waals surface area contributed by atoms with E-state index in [9.17, 15) is 24.0 Å². The minimum absolute atomic E-state index is 0.130.